The number of hydrogen-bond donors (Lipinski definition) is 1. The molecule has 0 amide bonds. The number of pyridine rings is 1. The number of rotatable bonds is 6. The molecule has 0 radical (unpaired) electrons. The molecule has 0 aliphatic carbocycles. The maximum Gasteiger partial charge on any atom is 0.325 e. The average molecular weight is 369 g/mol. The van der Waals surface area contributed by atoms with E-state index in [9.17, 15) is 9.90 Å². The second-order valence-electron chi connectivity index (χ2n) is 7.01. The lowest BCUT2D eigenvalue weighted by Gasteiger charge is -2.29. The summed E-state index contributed by atoms with van der Waals surface area (Å²) < 4.78 is 5.45. The Balaban J connectivity index is 1.76. The van der Waals surface area contributed by atoms with Crippen LogP contribution in [0.25, 0.3) is 0 Å². The average Bonchev–Trinajstić information content (AvgIpc) is 2.88. The first-order valence-corrected chi connectivity index (χ1v) is 9.31. The number of nitrogens with zero attached hydrogens (tertiary/aromatic N) is 3. The van der Waals surface area contributed by atoms with Crippen LogP contribution in [-0.4, -0.2) is 59.1 Å². The zero-order valence-electron chi connectivity index (χ0n) is 16.0. The molecule has 1 aliphatic heterocycles. The smallest absolute Gasteiger partial charge is 0.325 e. The van der Waals surface area contributed by atoms with Crippen molar-refractivity contribution >= 4 is 5.97 Å². The minimum atomic E-state index is -0.832. The molecule has 1 N–H and O–H groups in total. The molecule has 1 fully saturated rings. The van der Waals surface area contributed by atoms with Gasteiger partial charge in [0.1, 0.15) is 11.8 Å². The number of carboxylic acid groups (broad SMARTS) is 1. The molecular formula is C21H27N3O3. The van der Waals surface area contributed by atoms with Gasteiger partial charge in [0.25, 0.3) is 0 Å². The first kappa shape index (κ1) is 19.3. The fraction of sp³-hybridized carbons (Fsp3) is 0.429. The molecule has 1 aromatic heterocycles. The van der Waals surface area contributed by atoms with Crippen molar-refractivity contribution in [2.75, 3.05) is 33.3 Å². The van der Waals surface area contributed by atoms with Gasteiger partial charge in [0, 0.05) is 44.1 Å². The van der Waals surface area contributed by atoms with Gasteiger partial charge in [0.2, 0.25) is 0 Å². The van der Waals surface area contributed by atoms with E-state index in [-0.39, 0.29) is 0 Å². The number of aryl methyl sites for hydroxylation is 1. The van der Waals surface area contributed by atoms with Gasteiger partial charge in [0.05, 0.1) is 7.11 Å². The number of benzene rings is 1. The Kier molecular flexibility index (Phi) is 6.42. The van der Waals surface area contributed by atoms with Crippen LogP contribution >= 0.6 is 0 Å². The van der Waals surface area contributed by atoms with Gasteiger partial charge in [-0.05, 0) is 43.7 Å². The van der Waals surface area contributed by atoms with Crippen molar-refractivity contribution in [2.24, 2.45) is 0 Å². The standard InChI is InChI=1S/C21H27N3O3/c1-16-4-5-19(27-2)18(14-16)20(21(25)26)24-11-3-10-23(12-13-24)15-17-6-8-22-9-7-17/h4-9,14,20H,3,10-13,15H2,1-2H3,(H,25,26)/t20-/m1/s1. The van der Waals surface area contributed by atoms with Gasteiger partial charge in [-0.15, -0.1) is 0 Å². The summed E-state index contributed by atoms with van der Waals surface area (Å²) in [5.41, 5.74) is 2.99. The Morgan fingerprint density at radius 1 is 1.19 bits per heavy atom. The van der Waals surface area contributed by atoms with E-state index in [1.165, 1.54) is 5.56 Å². The van der Waals surface area contributed by atoms with Crippen LogP contribution in [0.1, 0.15) is 29.2 Å². The Labute approximate surface area is 160 Å². The Bertz CT molecular complexity index is 767. The molecule has 0 unspecified atom stereocenters. The lowest BCUT2D eigenvalue weighted by Crippen LogP contribution is -2.37. The summed E-state index contributed by atoms with van der Waals surface area (Å²) in [4.78, 5) is 20.6. The maximum absolute atomic E-state index is 12.1. The van der Waals surface area contributed by atoms with Gasteiger partial charge in [-0.1, -0.05) is 17.7 Å². The predicted molar refractivity (Wildman–Crippen MR) is 104 cm³/mol. The van der Waals surface area contributed by atoms with Crippen LogP contribution in [0.5, 0.6) is 5.75 Å². The molecule has 6 nitrogen and oxygen atoms in total. The van der Waals surface area contributed by atoms with Gasteiger partial charge >= 0.3 is 5.97 Å². The highest BCUT2D eigenvalue weighted by atomic mass is 16.5. The second-order valence-corrected chi connectivity index (χ2v) is 7.01. The Hall–Kier alpha value is -2.44. The van der Waals surface area contributed by atoms with Crippen LogP contribution in [0.15, 0.2) is 42.7 Å². The Morgan fingerprint density at radius 2 is 1.96 bits per heavy atom. The van der Waals surface area contributed by atoms with E-state index in [1.54, 1.807) is 7.11 Å². The van der Waals surface area contributed by atoms with Gasteiger partial charge in [-0.2, -0.15) is 0 Å². The minimum absolute atomic E-state index is 0.630. The van der Waals surface area contributed by atoms with Gasteiger partial charge < -0.3 is 9.84 Å². The van der Waals surface area contributed by atoms with Crippen molar-refractivity contribution in [3.05, 3.63) is 59.4 Å². The van der Waals surface area contributed by atoms with Crippen LogP contribution in [-0.2, 0) is 11.3 Å². The fourth-order valence-electron chi connectivity index (χ4n) is 3.71. The number of ether oxygens (including phenoxy) is 1. The summed E-state index contributed by atoms with van der Waals surface area (Å²) in [6.45, 7) is 6.08. The molecule has 0 saturated carbocycles. The highest BCUT2D eigenvalue weighted by Crippen LogP contribution is 2.31. The van der Waals surface area contributed by atoms with E-state index in [1.807, 2.05) is 49.6 Å². The molecule has 0 bridgehead atoms. The number of carboxylic acids is 1. The summed E-state index contributed by atoms with van der Waals surface area (Å²) in [6.07, 6.45) is 4.55. The fourth-order valence-corrected chi connectivity index (χ4v) is 3.71. The zero-order valence-corrected chi connectivity index (χ0v) is 16.0. The van der Waals surface area contributed by atoms with Crippen LogP contribution in [0, 0.1) is 6.92 Å². The summed E-state index contributed by atoms with van der Waals surface area (Å²) in [5.74, 6) is -0.202. The summed E-state index contributed by atoms with van der Waals surface area (Å²) in [6, 6.07) is 9.09. The number of carbonyl (C=O) groups is 1. The zero-order chi connectivity index (χ0) is 19.2. The van der Waals surface area contributed by atoms with E-state index in [0.29, 0.717) is 12.3 Å². The van der Waals surface area contributed by atoms with Gasteiger partial charge in [-0.3, -0.25) is 19.6 Å². The highest BCUT2D eigenvalue weighted by Gasteiger charge is 2.31. The van der Waals surface area contributed by atoms with Crippen LogP contribution < -0.4 is 4.74 Å². The molecule has 1 saturated heterocycles. The van der Waals surface area contributed by atoms with Crippen LogP contribution in [0.4, 0.5) is 0 Å². The normalized spacial score (nSPS) is 17.3. The number of hydrogen-bond acceptors (Lipinski definition) is 5. The molecule has 27 heavy (non-hydrogen) atoms. The van der Waals surface area contributed by atoms with E-state index < -0.39 is 12.0 Å². The van der Waals surface area contributed by atoms with Gasteiger partial charge in [0.15, 0.2) is 0 Å². The topological polar surface area (TPSA) is 65.9 Å². The van der Waals surface area contributed by atoms with Crippen molar-refractivity contribution in [2.45, 2.75) is 25.9 Å². The first-order chi connectivity index (χ1) is 13.1. The molecule has 1 aliphatic rings. The minimum Gasteiger partial charge on any atom is -0.496 e. The third-order valence-electron chi connectivity index (χ3n) is 5.06. The predicted octanol–water partition coefficient (Wildman–Crippen LogP) is 2.73. The van der Waals surface area contributed by atoms with E-state index in [0.717, 1.165) is 43.7 Å². The van der Waals surface area contributed by atoms with Gasteiger partial charge in [-0.25, -0.2) is 0 Å². The lowest BCUT2D eigenvalue weighted by molar-refractivity contribution is -0.143. The Morgan fingerprint density at radius 3 is 2.67 bits per heavy atom. The quantitative estimate of drug-likeness (QED) is 0.845. The molecule has 3 rings (SSSR count). The monoisotopic (exact) mass is 369 g/mol. The first-order valence-electron chi connectivity index (χ1n) is 9.31. The molecule has 1 atom stereocenters. The van der Waals surface area contributed by atoms with Crippen LogP contribution in [0.2, 0.25) is 0 Å². The van der Waals surface area contributed by atoms with E-state index in [4.69, 9.17) is 4.74 Å². The number of methoxy groups -OCH3 is 1. The molecule has 2 aromatic rings. The SMILES string of the molecule is COc1ccc(C)cc1[C@H](C(=O)O)N1CCCN(Cc2ccncc2)CC1. The molecular weight excluding hydrogens is 342 g/mol. The molecule has 0 spiro atoms. The molecule has 144 valence electrons. The maximum atomic E-state index is 12.1. The third kappa shape index (κ3) is 4.84. The van der Waals surface area contributed by atoms with Crippen LogP contribution in [0.3, 0.4) is 0 Å². The lowest BCUT2D eigenvalue weighted by atomic mass is 10.0. The summed E-state index contributed by atoms with van der Waals surface area (Å²) in [7, 11) is 1.59. The number of aliphatic carboxylic acids is 1. The van der Waals surface area contributed by atoms with E-state index in [2.05, 4.69) is 14.8 Å². The largest absolute Gasteiger partial charge is 0.496 e. The van der Waals surface area contributed by atoms with Crippen molar-refractivity contribution in [3.8, 4) is 5.75 Å². The molecule has 6 heteroatoms. The van der Waals surface area contributed by atoms with Crippen molar-refractivity contribution in [1.82, 2.24) is 14.8 Å². The molecule has 2 heterocycles. The second kappa shape index (κ2) is 8.97. The van der Waals surface area contributed by atoms with Crippen molar-refractivity contribution in [1.29, 1.82) is 0 Å². The van der Waals surface area contributed by atoms with E-state index >= 15 is 0 Å². The third-order valence-corrected chi connectivity index (χ3v) is 5.06. The summed E-state index contributed by atoms with van der Waals surface area (Å²) in [5, 5.41) is 9.96. The highest BCUT2D eigenvalue weighted by molar-refractivity contribution is 5.77. The van der Waals surface area contributed by atoms with Crippen molar-refractivity contribution < 1.29 is 14.6 Å². The number of aromatic nitrogens is 1. The molecule has 1 aromatic carbocycles. The summed E-state index contributed by atoms with van der Waals surface area (Å²) >= 11 is 0. The van der Waals surface area contributed by atoms with Crippen molar-refractivity contribution in [3.63, 3.8) is 0 Å².